The third-order valence-electron chi connectivity index (χ3n) is 4.77. The monoisotopic (exact) mass is 365 g/mol. The zero-order valence-electron chi connectivity index (χ0n) is 15.2. The highest BCUT2D eigenvalue weighted by molar-refractivity contribution is 5.93. The number of allylic oxidation sites excluding steroid dienone is 1. The Morgan fingerprint density at radius 1 is 1.07 bits per heavy atom. The van der Waals surface area contributed by atoms with Crippen molar-refractivity contribution in [1.29, 1.82) is 0 Å². The number of aromatic nitrogens is 1. The predicted octanol–water partition coefficient (Wildman–Crippen LogP) is 4.17. The van der Waals surface area contributed by atoms with Crippen molar-refractivity contribution >= 4 is 17.3 Å². The third-order valence-corrected chi connectivity index (χ3v) is 4.77. The lowest BCUT2D eigenvalue weighted by molar-refractivity contribution is 0.0949. The van der Waals surface area contributed by atoms with Gasteiger partial charge in [0.25, 0.3) is 5.91 Å². The molecule has 6 nitrogen and oxygen atoms in total. The van der Waals surface area contributed by atoms with E-state index in [2.05, 4.69) is 21.7 Å². The molecule has 2 aromatic rings. The molecule has 0 unspecified atom stereocenters. The number of hydrogen-bond donors (Lipinski definition) is 2. The van der Waals surface area contributed by atoms with Gasteiger partial charge in [0.05, 0.1) is 0 Å². The molecule has 0 bridgehead atoms. The van der Waals surface area contributed by atoms with Gasteiger partial charge in [-0.15, -0.1) is 0 Å². The van der Waals surface area contributed by atoms with Crippen molar-refractivity contribution in [3.63, 3.8) is 0 Å². The Hall–Kier alpha value is -3.02. The maximum atomic E-state index is 12.4. The number of amides is 1. The maximum Gasteiger partial charge on any atom is 0.269 e. The number of nitrogens with one attached hydrogen (secondary N) is 2. The molecule has 1 aliphatic carbocycles. The topological polar surface area (TPSA) is 72.5 Å². The Kier molecular flexibility index (Phi) is 5.23. The molecule has 1 aliphatic heterocycles. The van der Waals surface area contributed by atoms with Crippen molar-refractivity contribution in [2.24, 2.45) is 0 Å². The van der Waals surface area contributed by atoms with E-state index in [0.29, 0.717) is 18.0 Å². The average molecular weight is 365 g/mol. The Bertz CT molecular complexity index is 864. The fourth-order valence-corrected chi connectivity index (χ4v) is 3.33. The first-order valence-electron chi connectivity index (χ1n) is 9.37. The van der Waals surface area contributed by atoms with E-state index in [4.69, 9.17) is 9.47 Å². The molecular weight excluding hydrogens is 342 g/mol. The number of carbonyl (C=O) groups excluding carboxylic acids is 1. The Morgan fingerprint density at radius 2 is 1.96 bits per heavy atom. The molecule has 140 valence electrons. The first kappa shape index (κ1) is 17.4. The van der Waals surface area contributed by atoms with Gasteiger partial charge in [-0.2, -0.15) is 0 Å². The first-order chi connectivity index (χ1) is 13.3. The quantitative estimate of drug-likeness (QED) is 0.752. The van der Waals surface area contributed by atoms with Crippen LogP contribution in [0.25, 0.3) is 0 Å². The fraction of sp³-hybridized carbons (Fsp3) is 0.333. The summed E-state index contributed by atoms with van der Waals surface area (Å²) in [6, 6.07) is 9.22. The zero-order valence-corrected chi connectivity index (χ0v) is 15.2. The Balaban J connectivity index is 1.35. The molecule has 2 aliphatic rings. The summed E-state index contributed by atoms with van der Waals surface area (Å²) in [6.07, 6.45) is 9.72. The molecule has 6 heteroatoms. The minimum Gasteiger partial charge on any atom is -0.454 e. The molecule has 0 radical (unpaired) electrons. The van der Waals surface area contributed by atoms with E-state index in [1.54, 1.807) is 12.3 Å². The molecular formula is C21H23N3O3. The van der Waals surface area contributed by atoms with Gasteiger partial charge in [0.1, 0.15) is 5.69 Å². The van der Waals surface area contributed by atoms with E-state index < -0.39 is 0 Å². The lowest BCUT2D eigenvalue weighted by Gasteiger charge is -2.13. The smallest absolute Gasteiger partial charge is 0.269 e. The highest BCUT2D eigenvalue weighted by Gasteiger charge is 2.14. The normalized spacial score (nSPS) is 15.2. The van der Waals surface area contributed by atoms with Gasteiger partial charge < -0.3 is 20.1 Å². The van der Waals surface area contributed by atoms with Gasteiger partial charge in [-0.1, -0.05) is 11.6 Å². The number of anilines is 2. The molecule has 0 atom stereocenters. The van der Waals surface area contributed by atoms with Crippen LogP contribution < -0.4 is 20.1 Å². The summed E-state index contributed by atoms with van der Waals surface area (Å²) in [5, 5.41) is 6.24. The summed E-state index contributed by atoms with van der Waals surface area (Å²) in [7, 11) is 0. The lowest BCUT2D eigenvalue weighted by atomic mass is 9.97. The van der Waals surface area contributed by atoms with Crippen molar-refractivity contribution in [2.45, 2.75) is 32.1 Å². The van der Waals surface area contributed by atoms with Crippen LogP contribution in [-0.4, -0.2) is 24.2 Å². The van der Waals surface area contributed by atoms with Crippen LogP contribution in [0.4, 0.5) is 11.4 Å². The number of fused-ring (bicyclic) bond motifs is 1. The average Bonchev–Trinajstić information content (AvgIpc) is 3.17. The van der Waals surface area contributed by atoms with Crippen molar-refractivity contribution in [3.05, 3.63) is 53.9 Å². The lowest BCUT2D eigenvalue weighted by Crippen LogP contribution is -2.25. The first-order valence-corrected chi connectivity index (χ1v) is 9.37. The number of nitrogens with zero attached hydrogens (tertiary/aromatic N) is 1. The predicted molar refractivity (Wildman–Crippen MR) is 104 cm³/mol. The van der Waals surface area contributed by atoms with Crippen LogP contribution in [-0.2, 0) is 0 Å². The Morgan fingerprint density at radius 3 is 2.85 bits per heavy atom. The van der Waals surface area contributed by atoms with Gasteiger partial charge in [-0.05, 0) is 56.4 Å². The van der Waals surface area contributed by atoms with Crippen LogP contribution in [0.15, 0.2) is 48.2 Å². The molecule has 1 aromatic carbocycles. The van der Waals surface area contributed by atoms with Crippen LogP contribution in [0.5, 0.6) is 11.5 Å². The minimum absolute atomic E-state index is 0.152. The fourth-order valence-electron chi connectivity index (χ4n) is 3.33. The zero-order chi connectivity index (χ0) is 18.5. The molecule has 0 spiro atoms. The third kappa shape index (κ3) is 4.39. The molecule has 0 fully saturated rings. The summed E-state index contributed by atoms with van der Waals surface area (Å²) in [6.45, 7) is 0.890. The highest BCUT2D eigenvalue weighted by atomic mass is 16.7. The van der Waals surface area contributed by atoms with Crippen molar-refractivity contribution < 1.29 is 14.3 Å². The van der Waals surface area contributed by atoms with E-state index >= 15 is 0 Å². The van der Waals surface area contributed by atoms with Gasteiger partial charge in [-0.3, -0.25) is 9.78 Å². The number of carbonyl (C=O) groups is 1. The molecule has 2 N–H and O–H groups in total. The van der Waals surface area contributed by atoms with Gasteiger partial charge in [-0.25, -0.2) is 0 Å². The molecule has 0 saturated heterocycles. The van der Waals surface area contributed by atoms with Crippen molar-refractivity contribution in [2.75, 3.05) is 18.7 Å². The van der Waals surface area contributed by atoms with Crippen LogP contribution in [0.2, 0.25) is 0 Å². The maximum absolute atomic E-state index is 12.4. The van der Waals surface area contributed by atoms with Crippen LogP contribution in [0, 0.1) is 0 Å². The van der Waals surface area contributed by atoms with Gasteiger partial charge in [0.2, 0.25) is 6.79 Å². The van der Waals surface area contributed by atoms with E-state index in [1.165, 1.54) is 24.8 Å². The highest BCUT2D eigenvalue weighted by Crippen LogP contribution is 2.35. The summed E-state index contributed by atoms with van der Waals surface area (Å²) in [5.41, 5.74) is 3.51. The van der Waals surface area contributed by atoms with Crippen LogP contribution in [0.1, 0.15) is 42.6 Å². The second-order valence-corrected chi connectivity index (χ2v) is 6.74. The largest absolute Gasteiger partial charge is 0.454 e. The molecule has 1 amide bonds. The number of pyridine rings is 1. The summed E-state index contributed by atoms with van der Waals surface area (Å²) in [4.78, 5) is 16.6. The summed E-state index contributed by atoms with van der Waals surface area (Å²) < 4.78 is 10.7. The number of ether oxygens (including phenoxy) is 2. The minimum atomic E-state index is -0.152. The van der Waals surface area contributed by atoms with Crippen LogP contribution in [0.3, 0.4) is 0 Å². The molecule has 2 heterocycles. The van der Waals surface area contributed by atoms with Gasteiger partial charge >= 0.3 is 0 Å². The van der Waals surface area contributed by atoms with E-state index in [-0.39, 0.29) is 12.7 Å². The van der Waals surface area contributed by atoms with Gasteiger partial charge in [0.15, 0.2) is 11.5 Å². The van der Waals surface area contributed by atoms with E-state index in [1.807, 2.05) is 24.3 Å². The molecule has 1 aromatic heterocycles. The van der Waals surface area contributed by atoms with E-state index in [0.717, 1.165) is 30.0 Å². The van der Waals surface area contributed by atoms with Crippen molar-refractivity contribution in [3.8, 4) is 11.5 Å². The SMILES string of the molecule is O=C(NCCC1=CCCCC1)c1cc(Nc2ccc3c(c2)OCO3)ccn1. The summed E-state index contributed by atoms with van der Waals surface area (Å²) in [5.74, 6) is 1.30. The molecule has 0 saturated carbocycles. The number of hydrogen-bond acceptors (Lipinski definition) is 5. The van der Waals surface area contributed by atoms with Gasteiger partial charge in [0, 0.05) is 30.2 Å². The molecule has 4 rings (SSSR count). The second kappa shape index (κ2) is 8.12. The van der Waals surface area contributed by atoms with Crippen LogP contribution >= 0.6 is 0 Å². The van der Waals surface area contributed by atoms with Crippen molar-refractivity contribution in [1.82, 2.24) is 10.3 Å². The standard InChI is InChI=1S/C21H23N3O3/c25-21(23-10-8-15-4-2-1-3-5-15)18-12-17(9-11-22-18)24-16-6-7-19-20(13-16)27-14-26-19/h4,6-7,9,11-13H,1-3,5,8,10,14H2,(H,22,24)(H,23,25). The molecule has 27 heavy (non-hydrogen) atoms. The van der Waals surface area contributed by atoms with E-state index in [9.17, 15) is 4.79 Å². The second-order valence-electron chi connectivity index (χ2n) is 6.74. The Labute approximate surface area is 158 Å². The number of benzene rings is 1. The number of rotatable bonds is 6. The summed E-state index contributed by atoms with van der Waals surface area (Å²) >= 11 is 0.